The Hall–Kier alpha value is -3.55. The SMILES string of the molecule is N#CC(C#N)=C(C#N)Nc1ccc(S(=O)(=O)N=C(N)N)cc1. The van der Waals surface area contributed by atoms with E-state index in [1.807, 2.05) is 0 Å². The van der Waals surface area contributed by atoms with E-state index in [4.69, 9.17) is 27.3 Å². The maximum atomic E-state index is 11.7. The highest BCUT2D eigenvalue weighted by atomic mass is 32.2. The maximum absolute atomic E-state index is 11.7. The molecule has 10 heteroatoms. The van der Waals surface area contributed by atoms with Crippen LogP contribution in [-0.4, -0.2) is 14.4 Å². The maximum Gasteiger partial charge on any atom is 0.285 e. The number of nitrogens with one attached hydrogen (secondary N) is 1. The van der Waals surface area contributed by atoms with Gasteiger partial charge < -0.3 is 16.8 Å². The van der Waals surface area contributed by atoms with Crippen molar-refractivity contribution < 1.29 is 8.42 Å². The lowest BCUT2D eigenvalue weighted by Crippen LogP contribution is -2.24. The predicted molar refractivity (Wildman–Crippen MR) is 76.9 cm³/mol. The number of hydrogen-bond donors (Lipinski definition) is 3. The summed E-state index contributed by atoms with van der Waals surface area (Å²) in [6.07, 6.45) is 0. The minimum atomic E-state index is -4.01. The first-order chi connectivity index (χ1) is 10.3. The van der Waals surface area contributed by atoms with Crippen molar-refractivity contribution in [2.45, 2.75) is 4.90 Å². The van der Waals surface area contributed by atoms with Crippen molar-refractivity contribution in [3.8, 4) is 18.2 Å². The van der Waals surface area contributed by atoms with Crippen LogP contribution in [0.15, 0.2) is 44.8 Å². The quantitative estimate of drug-likeness (QED) is 0.390. The number of hydrogen-bond acceptors (Lipinski definition) is 6. The van der Waals surface area contributed by atoms with Crippen LogP contribution in [0, 0.1) is 34.0 Å². The smallest absolute Gasteiger partial charge is 0.285 e. The molecule has 0 saturated heterocycles. The summed E-state index contributed by atoms with van der Waals surface area (Å²) in [5.74, 6) is -0.593. The molecule has 1 aromatic carbocycles. The molecule has 0 atom stereocenters. The Morgan fingerprint density at radius 1 is 1.05 bits per heavy atom. The Kier molecular flexibility index (Phi) is 5.06. The molecule has 0 aliphatic carbocycles. The average Bonchev–Trinajstić information content (AvgIpc) is 2.46. The van der Waals surface area contributed by atoms with Crippen LogP contribution in [0.1, 0.15) is 0 Å². The van der Waals surface area contributed by atoms with Gasteiger partial charge in [-0.1, -0.05) is 0 Å². The zero-order valence-corrected chi connectivity index (χ0v) is 11.8. The lowest BCUT2D eigenvalue weighted by Gasteiger charge is -2.05. The zero-order chi connectivity index (χ0) is 16.8. The minimum Gasteiger partial charge on any atom is -0.369 e. The molecule has 9 nitrogen and oxygen atoms in total. The first kappa shape index (κ1) is 16.5. The van der Waals surface area contributed by atoms with E-state index in [-0.39, 0.29) is 16.2 Å². The molecule has 0 spiro atoms. The van der Waals surface area contributed by atoms with Crippen molar-refractivity contribution in [2.24, 2.45) is 15.9 Å². The number of nitriles is 3. The summed E-state index contributed by atoms with van der Waals surface area (Å²) >= 11 is 0. The summed E-state index contributed by atoms with van der Waals surface area (Å²) in [6.45, 7) is 0. The van der Waals surface area contributed by atoms with E-state index in [0.29, 0.717) is 5.69 Å². The van der Waals surface area contributed by atoms with Crippen LogP contribution in [0.5, 0.6) is 0 Å². The topological polar surface area (TPSA) is 182 Å². The van der Waals surface area contributed by atoms with Crippen LogP contribution in [0.4, 0.5) is 5.69 Å². The Bertz CT molecular complexity index is 842. The van der Waals surface area contributed by atoms with Gasteiger partial charge in [0.05, 0.1) is 4.90 Å². The third-order valence-corrected chi connectivity index (χ3v) is 3.55. The van der Waals surface area contributed by atoms with Gasteiger partial charge in [-0.25, -0.2) is 0 Å². The van der Waals surface area contributed by atoms with Crippen molar-refractivity contribution >= 4 is 21.7 Å². The van der Waals surface area contributed by atoms with Crippen molar-refractivity contribution in [3.05, 3.63) is 35.5 Å². The number of benzene rings is 1. The normalized spacial score (nSPS) is 9.50. The molecular formula is C12H9N7O2S. The molecule has 0 aliphatic rings. The Morgan fingerprint density at radius 2 is 1.59 bits per heavy atom. The van der Waals surface area contributed by atoms with E-state index < -0.39 is 16.0 Å². The van der Waals surface area contributed by atoms with Crippen molar-refractivity contribution in [1.82, 2.24) is 0 Å². The number of nitrogens with two attached hydrogens (primary N) is 2. The number of rotatable bonds is 4. The predicted octanol–water partition coefficient (Wildman–Crippen LogP) is -0.115. The number of nitrogens with zero attached hydrogens (tertiary/aromatic N) is 4. The summed E-state index contributed by atoms with van der Waals surface area (Å²) in [7, 11) is -4.01. The lowest BCUT2D eigenvalue weighted by molar-refractivity contribution is 0.598. The molecule has 1 rings (SSSR count). The summed E-state index contributed by atoms with van der Waals surface area (Å²) in [4.78, 5) is -0.158. The Morgan fingerprint density at radius 3 is 2.00 bits per heavy atom. The van der Waals surface area contributed by atoms with E-state index in [1.165, 1.54) is 24.3 Å². The summed E-state index contributed by atoms with van der Waals surface area (Å²) < 4.78 is 26.6. The van der Waals surface area contributed by atoms with Crippen LogP contribution < -0.4 is 16.8 Å². The fourth-order valence-electron chi connectivity index (χ4n) is 1.33. The van der Waals surface area contributed by atoms with Gasteiger partial charge in [0.25, 0.3) is 10.0 Å². The van der Waals surface area contributed by atoms with Crippen LogP contribution in [0.3, 0.4) is 0 Å². The molecule has 22 heavy (non-hydrogen) atoms. The van der Waals surface area contributed by atoms with Gasteiger partial charge in [0, 0.05) is 5.69 Å². The van der Waals surface area contributed by atoms with Crippen LogP contribution in [0.2, 0.25) is 0 Å². The second-order valence-electron chi connectivity index (χ2n) is 3.73. The molecule has 0 heterocycles. The standard InChI is InChI=1S/C12H9N7O2S/c13-5-8(6-14)11(7-15)18-9-1-3-10(4-2-9)22(20,21)19-12(16)17/h1-4,18H,(H4,16,17,19). The van der Waals surface area contributed by atoms with Crippen molar-refractivity contribution in [1.29, 1.82) is 15.8 Å². The van der Waals surface area contributed by atoms with Gasteiger partial charge in [-0.15, -0.1) is 4.40 Å². The molecule has 0 aliphatic heterocycles. The van der Waals surface area contributed by atoms with Gasteiger partial charge in [-0.3, -0.25) is 0 Å². The average molecular weight is 315 g/mol. The van der Waals surface area contributed by atoms with Gasteiger partial charge >= 0.3 is 0 Å². The van der Waals surface area contributed by atoms with E-state index in [1.54, 1.807) is 18.2 Å². The van der Waals surface area contributed by atoms with Gasteiger partial charge in [-0.2, -0.15) is 24.2 Å². The zero-order valence-electron chi connectivity index (χ0n) is 11.0. The van der Waals surface area contributed by atoms with Crippen molar-refractivity contribution in [2.75, 3.05) is 5.32 Å². The number of guanidine groups is 1. The molecule has 0 fully saturated rings. The Labute approximate surface area is 126 Å². The van der Waals surface area contributed by atoms with E-state index in [9.17, 15) is 8.42 Å². The third-order valence-electron chi connectivity index (χ3n) is 2.23. The van der Waals surface area contributed by atoms with Crippen LogP contribution >= 0.6 is 0 Å². The highest BCUT2D eigenvalue weighted by molar-refractivity contribution is 7.90. The number of sulfonamides is 1. The summed E-state index contributed by atoms with van der Waals surface area (Å²) in [5.41, 5.74) is 9.73. The monoisotopic (exact) mass is 315 g/mol. The van der Waals surface area contributed by atoms with Gasteiger partial charge in [0.15, 0.2) is 5.57 Å². The second-order valence-corrected chi connectivity index (χ2v) is 5.33. The molecule has 0 unspecified atom stereocenters. The molecule has 1 aromatic rings. The molecule has 0 radical (unpaired) electrons. The molecular weight excluding hydrogens is 306 g/mol. The van der Waals surface area contributed by atoms with Gasteiger partial charge in [0.2, 0.25) is 5.96 Å². The van der Waals surface area contributed by atoms with Crippen LogP contribution in [-0.2, 0) is 10.0 Å². The van der Waals surface area contributed by atoms with Crippen molar-refractivity contribution in [3.63, 3.8) is 0 Å². The number of allylic oxidation sites excluding steroid dienone is 2. The molecule has 5 N–H and O–H groups in total. The molecule has 0 amide bonds. The highest BCUT2D eigenvalue weighted by Crippen LogP contribution is 2.18. The third kappa shape index (κ3) is 3.97. The fraction of sp³-hybridized carbons (Fsp3) is 0. The highest BCUT2D eigenvalue weighted by Gasteiger charge is 2.13. The van der Waals surface area contributed by atoms with Gasteiger partial charge in [0.1, 0.15) is 23.9 Å². The summed E-state index contributed by atoms with van der Waals surface area (Å²) in [6, 6.07) is 9.89. The fourth-order valence-corrected chi connectivity index (χ4v) is 2.19. The van der Waals surface area contributed by atoms with E-state index in [2.05, 4.69) is 9.71 Å². The van der Waals surface area contributed by atoms with Gasteiger partial charge in [-0.05, 0) is 24.3 Å². The van der Waals surface area contributed by atoms with E-state index in [0.717, 1.165) is 0 Å². The Balaban J connectivity index is 3.14. The summed E-state index contributed by atoms with van der Waals surface area (Å²) in [5, 5.41) is 28.8. The molecule has 0 aromatic heterocycles. The molecule has 0 saturated carbocycles. The van der Waals surface area contributed by atoms with Crippen LogP contribution in [0.25, 0.3) is 0 Å². The number of anilines is 1. The molecule has 0 bridgehead atoms. The molecule has 110 valence electrons. The van der Waals surface area contributed by atoms with E-state index >= 15 is 0 Å². The first-order valence-electron chi connectivity index (χ1n) is 5.51. The lowest BCUT2D eigenvalue weighted by atomic mass is 10.2. The minimum absolute atomic E-state index is 0.158. The largest absolute Gasteiger partial charge is 0.369 e. The first-order valence-corrected chi connectivity index (χ1v) is 6.95. The second kappa shape index (κ2) is 6.75.